The molecular formula is C28H24N4O2Si. The zero-order valence-corrected chi connectivity index (χ0v) is 20.4. The van der Waals surface area contributed by atoms with E-state index in [0.29, 0.717) is 0 Å². The third-order valence-corrected chi connectivity index (χ3v) is 8.88. The quantitative estimate of drug-likeness (QED) is 0.367. The van der Waals surface area contributed by atoms with Gasteiger partial charge in [-0.25, -0.2) is 9.59 Å². The molecule has 2 heterocycles. The first-order chi connectivity index (χ1) is 17.2. The molecule has 4 amide bonds. The summed E-state index contributed by atoms with van der Waals surface area (Å²) < 4.78 is 0. The first-order valence-corrected chi connectivity index (χ1v) is 13.3. The molecule has 0 aliphatic carbocycles. The SMILES string of the molecule is O=C1N(c2ccccc2)C([SiH2]C2N(c3ccccc3)C(=O)N2c2ccccc2)N1c1ccccc1. The summed E-state index contributed by atoms with van der Waals surface area (Å²) in [5.41, 5.74) is 3.52. The van der Waals surface area contributed by atoms with E-state index in [-0.39, 0.29) is 23.6 Å². The summed E-state index contributed by atoms with van der Waals surface area (Å²) in [6, 6.07) is 39.1. The third kappa shape index (κ3) is 3.57. The molecule has 4 aromatic rings. The second-order valence-electron chi connectivity index (χ2n) is 8.58. The van der Waals surface area contributed by atoms with Gasteiger partial charge >= 0.3 is 12.1 Å². The Labute approximate surface area is 206 Å². The van der Waals surface area contributed by atoms with Crippen molar-refractivity contribution < 1.29 is 9.59 Å². The zero-order chi connectivity index (χ0) is 23.8. The summed E-state index contributed by atoms with van der Waals surface area (Å²) in [4.78, 5) is 34.3. The first kappa shape index (κ1) is 21.2. The molecule has 0 N–H and O–H groups in total. The maximum Gasteiger partial charge on any atom is 0.331 e. The van der Waals surface area contributed by atoms with Gasteiger partial charge in [0, 0.05) is 22.7 Å². The molecule has 6 nitrogen and oxygen atoms in total. The number of benzene rings is 4. The van der Waals surface area contributed by atoms with Crippen molar-refractivity contribution in [2.45, 2.75) is 11.6 Å². The van der Waals surface area contributed by atoms with E-state index in [1.807, 2.05) is 141 Å². The molecule has 6 rings (SSSR count). The first-order valence-electron chi connectivity index (χ1n) is 11.7. The number of carbonyl (C=O) groups is 2. The second kappa shape index (κ2) is 8.77. The Bertz CT molecular complexity index is 1130. The van der Waals surface area contributed by atoms with E-state index in [1.54, 1.807) is 0 Å². The molecule has 2 aliphatic heterocycles. The lowest BCUT2D eigenvalue weighted by Gasteiger charge is -2.56. The van der Waals surface area contributed by atoms with Crippen molar-refractivity contribution in [3.05, 3.63) is 121 Å². The largest absolute Gasteiger partial charge is 0.331 e. The van der Waals surface area contributed by atoms with Crippen LogP contribution in [0.2, 0.25) is 0 Å². The fraction of sp³-hybridized carbons (Fsp3) is 0.0714. The molecule has 0 spiro atoms. The number of hydrogen-bond donors (Lipinski definition) is 0. The van der Waals surface area contributed by atoms with Crippen molar-refractivity contribution in [1.82, 2.24) is 0 Å². The highest BCUT2D eigenvalue weighted by molar-refractivity contribution is 6.52. The van der Waals surface area contributed by atoms with Gasteiger partial charge in [0.2, 0.25) is 0 Å². The predicted molar refractivity (Wildman–Crippen MR) is 143 cm³/mol. The number of rotatable bonds is 6. The lowest BCUT2D eigenvalue weighted by molar-refractivity contribution is 0.238. The summed E-state index contributed by atoms with van der Waals surface area (Å²) >= 11 is 0. The minimum absolute atomic E-state index is 0.0388. The van der Waals surface area contributed by atoms with Crippen LogP contribution in [0.4, 0.5) is 32.3 Å². The number of anilines is 4. The molecule has 0 bridgehead atoms. The molecular weight excluding hydrogens is 452 g/mol. The lowest BCUT2D eigenvalue weighted by Crippen LogP contribution is -2.79. The van der Waals surface area contributed by atoms with Gasteiger partial charge in [0.05, 0.1) is 0 Å². The molecule has 0 saturated carbocycles. The molecule has 2 fully saturated rings. The highest BCUT2D eigenvalue weighted by Crippen LogP contribution is 2.38. The normalized spacial score (nSPS) is 16.3. The van der Waals surface area contributed by atoms with Crippen LogP contribution < -0.4 is 19.6 Å². The molecule has 172 valence electrons. The van der Waals surface area contributed by atoms with Gasteiger partial charge < -0.3 is 0 Å². The Hall–Kier alpha value is -4.36. The van der Waals surface area contributed by atoms with E-state index in [0.717, 1.165) is 22.7 Å². The summed E-state index contributed by atoms with van der Waals surface area (Å²) in [6.07, 6.45) is 0. The zero-order valence-electron chi connectivity index (χ0n) is 19.0. The van der Waals surface area contributed by atoms with Crippen molar-refractivity contribution in [2.75, 3.05) is 19.6 Å². The fourth-order valence-corrected chi connectivity index (χ4v) is 7.64. The van der Waals surface area contributed by atoms with E-state index >= 15 is 0 Å². The Morgan fingerprint density at radius 1 is 0.400 bits per heavy atom. The standard InChI is InChI=1S/C28H24N4O2Si/c33-25-29(21-13-5-1-6-14-21)27(30(25)22-15-7-2-8-16-22)35-28-31(23-17-9-3-10-18-23)26(34)32(28)24-19-11-4-12-20-24/h1-20,27-28H,35H2. The summed E-state index contributed by atoms with van der Waals surface area (Å²) in [7, 11) is -1.13. The van der Waals surface area contributed by atoms with Crippen molar-refractivity contribution in [1.29, 1.82) is 0 Å². The van der Waals surface area contributed by atoms with Crippen LogP contribution in [0.1, 0.15) is 0 Å². The Morgan fingerprint density at radius 3 is 0.857 bits per heavy atom. The van der Waals surface area contributed by atoms with E-state index in [4.69, 9.17) is 0 Å². The topological polar surface area (TPSA) is 47.1 Å². The van der Waals surface area contributed by atoms with Crippen LogP contribution >= 0.6 is 0 Å². The Kier molecular flexibility index (Phi) is 5.31. The van der Waals surface area contributed by atoms with Gasteiger partial charge in [0.15, 0.2) is 0 Å². The molecule has 7 heteroatoms. The van der Waals surface area contributed by atoms with Gasteiger partial charge in [-0.1, -0.05) is 72.8 Å². The van der Waals surface area contributed by atoms with Crippen LogP contribution in [0.15, 0.2) is 121 Å². The fourth-order valence-electron chi connectivity index (χ4n) is 4.96. The minimum Gasteiger partial charge on any atom is -0.276 e. The van der Waals surface area contributed by atoms with Crippen LogP contribution in [0.25, 0.3) is 0 Å². The number of carbonyl (C=O) groups excluding carboxylic acids is 2. The van der Waals surface area contributed by atoms with E-state index < -0.39 is 9.52 Å². The summed E-state index contributed by atoms with van der Waals surface area (Å²) in [6.45, 7) is 0. The number of para-hydroxylation sites is 4. The van der Waals surface area contributed by atoms with Gasteiger partial charge in [0.25, 0.3) is 0 Å². The molecule has 2 saturated heterocycles. The van der Waals surface area contributed by atoms with E-state index in [2.05, 4.69) is 0 Å². The molecule has 0 aromatic heterocycles. The number of urea groups is 2. The predicted octanol–water partition coefficient (Wildman–Crippen LogP) is 5.02. The molecule has 2 aliphatic rings. The van der Waals surface area contributed by atoms with Crippen molar-refractivity contribution in [2.24, 2.45) is 0 Å². The summed E-state index contributed by atoms with van der Waals surface area (Å²) in [5, 5.41) is 0. The van der Waals surface area contributed by atoms with Crippen LogP contribution in [-0.4, -0.2) is 33.2 Å². The van der Waals surface area contributed by atoms with E-state index in [9.17, 15) is 9.59 Å². The van der Waals surface area contributed by atoms with Crippen LogP contribution in [0, 0.1) is 0 Å². The van der Waals surface area contributed by atoms with E-state index in [1.165, 1.54) is 0 Å². The van der Waals surface area contributed by atoms with Gasteiger partial charge in [-0.2, -0.15) is 0 Å². The molecule has 0 radical (unpaired) electrons. The maximum atomic E-state index is 13.4. The van der Waals surface area contributed by atoms with Crippen molar-refractivity contribution in [3.63, 3.8) is 0 Å². The van der Waals surface area contributed by atoms with Gasteiger partial charge in [-0.15, -0.1) is 0 Å². The Balaban J connectivity index is 1.39. The third-order valence-electron chi connectivity index (χ3n) is 6.58. The Morgan fingerprint density at radius 2 is 0.629 bits per heavy atom. The highest BCUT2D eigenvalue weighted by atomic mass is 28.2. The molecule has 0 unspecified atom stereocenters. The molecule has 0 atom stereocenters. The smallest absolute Gasteiger partial charge is 0.276 e. The number of amides is 4. The second-order valence-corrected chi connectivity index (χ2v) is 10.5. The van der Waals surface area contributed by atoms with Crippen LogP contribution in [-0.2, 0) is 0 Å². The number of nitrogens with zero attached hydrogens (tertiary/aromatic N) is 4. The average molecular weight is 477 g/mol. The van der Waals surface area contributed by atoms with Gasteiger partial charge in [0.1, 0.15) is 21.1 Å². The number of hydrogen-bond acceptors (Lipinski definition) is 2. The van der Waals surface area contributed by atoms with Crippen LogP contribution in [0.5, 0.6) is 0 Å². The highest BCUT2D eigenvalue weighted by Gasteiger charge is 2.53. The van der Waals surface area contributed by atoms with Gasteiger partial charge in [-0.3, -0.25) is 19.6 Å². The lowest BCUT2D eigenvalue weighted by atomic mass is 10.2. The average Bonchev–Trinajstić information content (AvgIpc) is 2.90. The monoisotopic (exact) mass is 476 g/mol. The minimum atomic E-state index is -1.13. The van der Waals surface area contributed by atoms with Crippen molar-refractivity contribution in [3.8, 4) is 0 Å². The maximum absolute atomic E-state index is 13.4. The van der Waals surface area contributed by atoms with Gasteiger partial charge in [-0.05, 0) is 48.5 Å². The molecule has 4 aromatic carbocycles. The van der Waals surface area contributed by atoms with Crippen LogP contribution in [0.3, 0.4) is 0 Å². The van der Waals surface area contributed by atoms with Crippen molar-refractivity contribution >= 4 is 44.3 Å². The molecule has 35 heavy (non-hydrogen) atoms. The summed E-state index contributed by atoms with van der Waals surface area (Å²) in [5.74, 6) is -0.217.